The second-order valence-electron chi connectivity index (χ2n) is 5.36. The van der Waals surface area contributed by atoms with Crippen molar-refractivity contribution in [3.63, 3.8) is 0 Å². The number of hydrogen-bond donors (Lipinski definition) is 1. The summed E-state index contributed by atoms with van der Waals surface area (Å²) in [5, 5.41) is 2.88. The van der Waals surface area contributed by atoms with Gasteiger partial charge in [0.2, 0.25) is 5.91 Å². The predicted molar refractivity (Wildman–Crippen MR) is 73.7 cm³/mol. The number of piperidine rings is 1. The monoisotopic (exact) mass is 270 g/mol. The number of esters is 1. The average Bonchev–Trinajstić information content (AvgIpc) is 2.36. The largest absolute Gasteiger partial charge is 0.466 e. The number of hydrogen-bond acceptors (Lipinski definition) is 4. The van der Waals surface area contributed by atoms with E-state index in [-0.39, 0.29) is 23.8 Å². The molecule has 1 atom stereocenters. The Morgan fingerprint density at radius 1 is 1.42 bits per heavy atom. The second-order valence-corrected chi connectivity index (χ2v) is 5.36. The number of likely N-dealkylation sites (tertiary alicyclic amines) is 1. The van der Waals surface area contributed by atoms with Gasteiger partial charge in [0, 0.05) is 25.6 Å². The van der Waals surface area contributed by atoms with E-state index in [0.717, 1.165) is 19.4 Å². The molecule has 1 heterocycles. The Morgan fingerprint density at radius 3 is 2.79 bits per heavy atom. The van der Waals surface area contributed by atoms with Crippen molar-refractivity contribution >= 4 is 11.9 Å². The highest BCUT2D eigenvalue weighted by molar-refractivity contribution is 5.76. The first-order chi connectivity index (χ1) is 9.02. The van der Waals surface area contributed by atoms with Crippen molar-refractivity contribution < 1.29 is 14.3 Å². The molecule has 0 spiro atoms. The molecule has 1 fully saturated rings. The van der Waals surface area contributed by atoms with E-state index in [2.05, 4.69) is 10.2 Å². The Balaban J connectivity index is 2.30. The molecule has 5 nitrogen and oxygen atoms in total. The van der Waals surface area contributed by atoms with E-state index < -0.39 is 0 Å². The van der Waals surface area contributed by atoms with Gasteiger partial charge >= 0.3 is 5.97 Å². The van der Waals surface area contributed by atoms with Gasteiger partial charge in [-0.05, 0) is 40.2 Å². The maximum Gasteiger partial charge on any atom is 0.310 e. The Morgan fingerprint density at radius 2 is 2.16 bits per heavy atom. The minimum absolute atomic E-state index is 0.0261. The van der Waals surface area contributed by atoms with Gasteiger partial charge in [0.05, 0.1) is 12.5 Å². The lowest BCUT2D eigenvalue weighted by atomic mass is 9.98. The third-order valence-corrected chi connectivity index (χ3v) is 3.23. The van der Waals surface area contributed by atoms with Gasteiger partial charge in [-0.3, -0.25) is 9.59 Å². The molecule has 1 amide bonds. The summed E-state index contributed by atoms with van der Waals surface area (Å²) in [5.74, 6) is -0.0473. The van der Waals surface area contributed by atoms with E-state index in [1.165, 1.54) is 0 Å². The van der Waals surface area contributed by atoms with Crippen molar-refractivity contribution in [2.45, 2.75) is 46.1 Å². The van der Waals surface area contributed by atoms with Crippen LogP contribution >= 0.6 is 0 Å². The summed E-state index contributed by atoms with van der Waals surface area (Å²) in [6, 6.07) is 0.182. The molecular weight excluding hydrogens is 244 g/mol. The van der Waals surface area contributed by atoms with Crippen LogP contribution in [0.25, 0.3) is 0 Å². The van der Waals surface area contributed by atoms with Gasteiger partial charge in [-0.15, -0.1) is 0 Å². The Kier molecular flexibility index (Phi) is 6.84. The van der Waals surface area contributed by atoms with E-state index in [4.69, 9.17) is 4.74 Å². The summed E-state index contributed by atoms with van der Waals surface area (Å²) in [6.45, 7) is 8.57. The molecule has 1 N–H and O–H groups in total. The number of nitrogens with zero attached hydrogens (tertiary/aromatic N) is 1. The molecule has 0 aromatic rings. The molecule has 1 unspecified atom stereocenters. The first-order valence-electron chi connectivity index (χ1n) is 7.21. The fourth-order valence-corrected chi connectivity index (χ4v) is 2.36. The van der Waals surface area contributed by atoms with Gasteiger partial charge < -0.3 is 15.0 Å². The van der Waals surface area contributed by atoms with Gasteiger partial charge in [-0.25, -0.2) is 0 Å². The zero-order chi connectivity index (χ0) is 14.3. The lowest BCUT2D eigenvalue weighted by Crippen LogP contribution is -2.41. The first kappa shape index (κ1) is 16.0. The summed E-state index contributed by atoms with van der Waals surface area (Å²) in [4.78, 5) is 25.5. The van der Waals surface area contributed by atoms with Gasteiger partial charge in [-0.1, -0.05) is 0 Å². The van der Waals surface area contributed by atoms with Crippen LogP contribution < -0.4 is 5.32 Å². The summed E-state index contributed by atoms with van der Waals surface area (Å²) >= 11 is 0. The number of rotatable bonds is 6. The highest BCUT2D eigenvalue weighted by Crippen LogP contribution is 2.17. The molecule has 1 aliphatic heterocycles. The second kappa shape index (κ2) is 8.15. The number of nitrogens with one attached hydrogen (secondary N) is 1. The third kappa shape index (κ3) is 6.05. The molecule has 1 rings (SSSR count). The highest BCUT2D eigenvalue weighted by Gasteiger charge is 2.26. The number of carbonyl (C=O) groups excluding carboxylic acids is 2. The fourth-order valence-electron chi connectivity index (χ4n) is 2.36. The zero-order valence-corrected chi connectivity index (χ0v) is 12.3. The topological polar surface area (TPSA) is 58.6 Å². The van der Waals surface area contributed by atoms with Crippen LogP contribution in [0, 0.1) is 5.92 Å². The van der Waals surface area contributed by atoms with Gasteiger partial charge in [-0.2, -0.15) is 0 Å². The quantitative estimate of drug-likeness (QED) is 0.736. The molecule has 0 radical (unpaired) electrons. The van der Waals surface area contributed by atoms with E-state index in [1.54, 1.807) is 0 Å². The minimum Gasteiger partial charge on any atom is -0.466 e. The fraction of sp³-hybridized carbons (Fsp3) is 0.857. The molecule has 1 aliphatic rings. The van der Waals surface area contributed by atoms with E-state index in [0.29, 0.717) is 26.1 Å². The van der Waals surface area contributed by atoms with Crippen molar-refractivity contribution in [2.75, 3.05) is 26.2 Å². The van der Waals surface area contributed by atoms with Crippen molar-refractivity contribution in [3.8, 4) is 0 Å². The standard InChI is InChI=1S/C14H26N2O3/c1-4-19-14(18)12-6-5-8-16(10-12)9-7-13(17)15-11(2)3/h11-12H,4-10H2,1-3H3,(H,15,17). The SMILES string of the molecule is CCOC(=O)C1CCCN(CCC(=O)NC(C)C)C1. The molecule has 0 bridgehead atoms. The lowest BCUT2D eigenvalue weighted by molar-refractivity contribution is -0.149. The Bertz CT molecular complexity index is 305. The number of ether oxygens (including phenoxy) is 1. The van der Waals surface area contributed by atoms with Crippen molar-refractivity contribution in [3.05, 3.63) is 0 Å². The molecule has 0 aromatic heterocycles. The maximum atomic E-state index is 11.7. The van der Waals surface area contributed by atoms with Crippen molar-refractivity contribution in [1.82, 2.24) is 10.2 Å². The normalized spacial score (nSPS) is 20.3. The molecule has 19 heavy (non-hydrogen) atoms. The molecule has 1 saturated heterocycles. The molecule has 110 valence electrons. The number of amides is 1. The lowest BCUT2D eigenvalue weighted by Gasteiger charge is -2.31. The Labute approximate surface area is 115 Å². The van der Waals surface area contributed by atoms with Gasteiger partial charge in [0.15, 0.2) is 0 Å². The molecule has 0 saturated carbocycles. The van der Waals surface area contributed by atoms with Crippen LogP contribution in [0.4, 0.5) is 0 Å². The van der Waals surface area contributed by atoms with Crippen molar-refractivity contribution in [1.29, 1.82) is 0 Å². The van der Waals surface area contributed by atoms with E-state index in [1.807, 2.05) is 20.8 Å². The summed E-state index contributed by atoms with van der Waals surface area (Å²) in [7, 11) is 0. The highest BCUT2D eigenvalue weighted by atomic mass is 16.5. The number of carbonyl (C=O) groups is 2. The van der Waals surface area contributed by atoms with E-state index >= 15 is 0 Å². The molecule has 0 aromatic carbocycles. The van der Waals surface area contributed by atoms with Crippen LogP contribution in [0.3, 0.4) is 0 Å². The first-order valence-corrected chi connectivity index (χ1v) is 7.21. The van der Waals surface area contributed by atoms with Crippen LogP contribution in [-0.4, -0.2) is 49.1 Å². The van der Waals surface area contributed by atoms with Gasteiger partial charge in [0.25, 0.3) is 0 Å². The summed E-state index contributed by atoms with van der Waals surface area (Å²) in [6.07, 6.45) is 2.39. The summed E-state index contributed by atoms with van der Waals surface area (Å²) < 4.78 is 5.06. The van der Waals surface area contributed by atoms with Crippen LogP contribution in [0.1, 0.15) is 40.0 Å². The summed E-state index contributed by atoms with van der Waals surface area (Å²) in [5.41, 5.74) is 0. The minimum atomic E-state index is -0.0983. The molecule has 5 heteroatoms. The van der Waals surface area contributed by atoms with Crippen molar-refractivity contribution in [2.24, 2.45) is 5.92 Å². The molecular formula is C14H26N2O3. The van der Waals surface area contributed by atoms with Crippen LogP contribution in [-0.2, 0) is 14.3 Å². The average molecular weight is 270 g/mol. The molecule has 0 aliphatic carbocycles. The van der Waals surface area contributed by atoms with Crippen LogP contribution in [0.2, 0.25) is 0 Å². The smallest absolute Gasteiger partial charge is 0.310 e. The van der Waals surface area contributed by atoms with Crippen LogP contribution in [0.5, 0.6) is 0 Å². The third-order valence-electron chi connectivity index (χ3n) is 3.23. The van der Waals surface area contributed by atoms with Gasteiger partial charge in [0.1, 0.15) is 0 Å². The van der Waals surface area contributed by atoms with E-state index in [9.17, 15) is 9.59 Å². The maximum absolute atomic E-state index is 11.7. The Hall–Kier alpha value is -1.10. The van der Waals surface area contributed by atoms with Crippen LogP contribution in [0.15, 0.2) is 0 Å². The predicted octanol–water partition coefficient (Wildman–Crippen LogP) is 1.18. The zero-order valence-electron chi connectivity index (χ0n) is 12.3.